The van der Waals surface area contributed by atoms with Gasteiger partial charge in [0.1, 0.15) is 0 Å². The second-order valence-corrected chi connectivity index (χ2v) is 6.72. The zero-order valence-electron chi connectivity index (χ0n) is 13.3. The summed E-state index contributed by atoms with van der Waals surface area (Å²) in [6, 6.07) is 15.0. The van der Waals surface area contributed by atoms with Gasteiger partial charge in [-0.2, -0.15) is 0 Å². The lowest BCUT2D eigenvalue weighted by Crippen LogP contribution is -2.15. The second-order valence-electron chi connectivity index (χ2n) is 6.29. The highest BCUT2D eigenvalue weighted by atomic mass is 35.5. The molecule has 1 aliphatic heterocycles. The maximum atomic E-state index is 6.26. The van der Waals surface area contributed by atoms with E-state index in [1.165, 1.54) is 33.3 Å². The van der Waals surface area contributed by atoms with Crippen molar-refractivity contribution < 1.29 is 0 Å². The maximum Gasteiger partial charge on any atom is 0.0531 e. The number of benzene rings is 2. The van der Waals surface area contributed by atoms with Crippen molar-refractivity contribution in [2.75, 3.05) is 20.6 Å². The molecule has 0 radical (unpaired) electrons. The van der Waals surface area contributed by atoms with Crippen molar-refractivity contribution in [1.82, 2.24) is 9.47 Å². The van der Waals surface area contributed by atoms with E-state index in [0.717, 1.165) is 24.5 Å². The van der Waals surface area contributed by atoms with E-state index in [4.69, 9.17) is 11.6 Å². The third-order valence-corrected chi connectivity index (χ3v) is 4.78. The van der Waals surface area contributed by atoms with Crippen LogP contribution in [0.25, 0.3) is 22.2 Å². The third kappa shape index (κ3) is 2.65. The first-order valence-corrected chi connectivity index (χ1v) is 8.06. The molecule has 0 spiro atoms. The maximum absolute atomic E-state index is 6.26. The molecule has 120 valence electrons. The fourth-order valence-electron chi connectivity index (χ4n) is 3.52. The van der Waals surface area contributed by atoms with E-state index in [-0.39, 0.29) is 12.4 Å². The Balaban J connectivity index is 0.00000156. The zero-order valence-corrected chi connectivity index (χ0v) is 14.9. The minimum Gasteiger partial charge on any atom is -0.336 e. The van der Waals surface area contributed by atoms with Gasteiger partial charge in [0.2, 0.25) is 0 Å². The molecule has 0 unspecified atom stereocenters. The molecule has 2 nitrogen and oxygen atoms in total. The number of aromatic nitrogens is 1. The number of hydrogen-bond acceptors (Lipinski definition) is 1. The van der Waals surface area contributed by atoms with Gasteiger partial charge in [-0.1, -0.05) is 35.9 Å². The van der Waals surface area contributed by atoms with Crippen molar-refractivity contribution in [1.29, 1.82) is 0 Å². The summed E-state index contributed by atoms with van der Waals surface area (Å²) in [6.07, 6.45) is 1.04. The van der Waals surface area contributed by atoms with Crippen LogP contribution in [0.2, 0.25) is 5.02 Å². The molecule has 4 rings (SSSR count). The van der Waals surface area contributed by atoms with Gasteiger partial charge >= 0.3 is 0 Å². The average molecular weight is 347 g/mol. The molecule has 0 aliphatic carbocycles. The first-order valence-electron chi connectivity index (χ1n) is 7.69. The van der Waals surface area contributed by atoms with Gasteiger partial charge in [-0.15, -0.1) is 12.4 Å². The number of fused-ring (bicyclic) bond motifs is 5. The molecule has 2 heterocycles. The first kappa shape index (κ1) is 16.4. The number of nitrogens with zero attached hydrogens (tertiary/aromatic N) is 2. The van der Waals surface area contributed by atoms with Crippen LogP contribution < -0.4 is 0 Å². The lowest BCUT2D eigenvalue weighted by molar-refractivity contribution is 0.414. The van der Waals surface area contributed by atoms with E-state index in [9.17, 15) is 0 Å². The molecule has 0 atom stereocenters. The summed E-state index contributed by atoms with van der Waals surface area (Å²) in [5.74, 6) is 0. The van der Waals surface area contributed by atoms with Gasteiger partial charge in [0.25, 0.3) is 0 Å². The van der Waals surface area contributed by atoms with Crippen LogP contribution >= 0.6 is 24.0 Å². The molecular weight excluding hydrogens is 327 g/mol. The Morgan fingerprint density at radius 2 is 1.91 bits per heavy atom. The molecule has 0 bridgehead atoms. The van der Waals surface area contributed by atoms with E-state index in [0.29, 0.717) is 0 Å². The predicted octanol–water partition coefficient (Wildman–Crippen LogP) is 4.85. The van der Waals surface area contributed by atoms with Crippen LogP contribution in [-0.2, 0) is 13.0 Å². The van der Waals surface area contributed by atoms with Crippen molar-refractivity contribution in [3.05, 3.63) is 58.6 Å². The Morgan fingerprint density at radius 3 is 2.70 bits per heavy atom. The van der Waals surface area contributed by atoms with E-state index in [2.05, 4.69) is 60.0 Å². The Labute approximate surface area is 148 Å². The predicted molar refractivity (Wildman–Crippen MR) is 101 cm³/mol. The average Bonchev–Trinajstić information content (AvgIpc) is 2.99. The minimum absolute atomic E-state index is 0. The van der Waals surface area contributed by atoms with Crippen LogP contribution in [-0.4, -0.2) is 30.1 Å². The summed E-state index contributed by atoms with van der Waals surface area (Å²) < 4.78 is 2.45. The van der Waals surface area contributed by atoms with Crippen LogP contribution in [0.1, 0.15) is 11.1 Å². The quantitative estimate of drug-likeness (QED) is 0.514. The lowest BCUT2D eigenvalue weighted by atomic mass is 10.0. The van der Waals surface area contributed by atoms with Crippen LogP contribution in [0.5, 0.6) is 0 Å². The van der Waals surface area contributed by atoms with Gasteiger partial charge in [-0.3, -0.25) is 0 Å². The van der Waals surface area contributed by atoms with Crippen LogP contribution in [0.15, 0.2) is 42.5 Å². The van der Waals surface area contributed by atoms with Crippen LogP contribution in [0, 0.1) is 0 Å². The number of likely N-dealkylation sites (N-methyl/N-ethyl adjacent to an activating group) is 1. The van der Waals surface area contributed by atoms with E-state index >= 15 is 0 Å². The molecular formula is C19H20Cl2N2. The molecule has 0 saturated carbocycles. The first-order chi connectivity index (χ1) is 10.6. The molecule has 23 heavy (non-hydrogen) atoms. The van der Waals surface area contributed by atoms with E-state index in [1.807, 2.05) is 6.07 Å². The SMILES string of the molecule is CN(C)CCc1c2n(c3ccc(Cl)cc13)Cc1ccccc1-2.Cl. The van der Waals surface area contributed by atoms with Gasteiger partial charge < -0.3 is 9.47 Å². The topological polar surface area (TPSA) is 8.17 Å². The van der Waals surface area contributed by atoms with Gasteiger partial charge in [-0.25, -0.2) is 0 Å². The van der Waals surface area contributed by atoms with Gasteiger partial charge in [0.05, 0.1) is 5.69 Å². The van der Waals surface area contributed by atoms with Crippen molar-refractivity contribution in [3.8, 4) is 11.3 Å². The van der Waals surface area contributed by atoms with Crippen molar-refractivity contribution in [2.45, 2.75) is 13.0 Å². The summed E-state index contributed by atoms with van der Waals surface area (Å²) in [7, 11) is 4.25. The lowest BCUT2D eigenvalue weighted by Gasteiger charge is -2.10. The number of rotatable bonds is 3. The highest BCUT2D eigenvalue weighted by Crippen LogP contribution is 2.41. The van der Waals surface area contributed by atoms with Gasteiger partial charge in [0.15, 0.2) is 0 Å². The molecule has 3 aromatic rings. The van der Waals surface area contributed by atoms with E-state index in [1.54, 1.807) is 0 Å². The highest BCUT2D eigenvalue weighted by molar-refractivity contribution is 6.31. The molecule has 0 fully saturated rings. The number of hydrogen-bond donors (Lipinski definition) is 0. The monoisotopic (exact) mass is 346 g/mol. The van der Waals surface area contributed by atoms with Crippen molar-refractivity contribution in [2.24, 2.45) is 0 Å². The molecule has 2 aromatic carbocycles. The normalized spacial score (nSPS) is 12.3. The molecule has 0 saturated heterocycles. The Bertz CT molecular complexity index is 865. The molecule has 1 aliphatic rings. The van der Waals surface area contributed by atoms with Crippen molar-refractivity contribution in [3.63, 3.8) is 0 Å². The van der Waals surface area contributed by atoms with Gasteiger partial charge in [-0.05, 0) is 49.8 Å². The van der Waals surface area contributed by atoms with Crippen molar-refractivity contribution >= 4 is 34.9 Å². The van der Waals surface area contributed by atoms with E-state index < -0.39 is 0 Å². The third-order valence-electron chi connectivity index (χ3n) is 4.54. The summed E-state index contributed by atoms with van der Waals surface area (Å²) in [5, 5.41) is 2.12. The molecule has 4 heteroatoms. The largest absolute Gasteiger partial charge is 0.336 e. The molecule has 0 N–H and O–H groups in total. The zero-order chi connectivity index (χ0) is 15.3. The summed E-state index contributed by atoms with van der Waals surface area (Å²) in [6.45, 7) is 2.01. The minimum atomic E-state index is 0. The summed E-state index contributed by atoms with van der Waals surface area (Å²) in [5.41, 5.74) is 6.90. The Kier molecular flexibility index (Phi) is 4.41. The standard InChI is InChI=1S/C19H19ClN2.ClH/c1-21(2)10-9-16-17-11-14(20)7-8-18(17)22-12-13-5-3-4-6-15(13)19(16)22;/h3-8,11H,9-10,12H2,1-2H3;1H. The fraction of sp³-hybridized carbons (Fsp3) is 0.263. The summed E-state index contributed by atoms with van der Waals surface area (Å²) in [4.78, 5) is 2.24. The fourth-order valence-corrected chi connectivity index (χ4v) is 3.69. The smallest absolute Gasteiger partial charge is 0.0531 e. The molecule has 1 aromatic heterocycles. The Hall–Kier alpha value is -1.48. The molecule has 0 amide bonds. The second kappa shape index (κ2) is 6.20. The van der Waals surface area contributed by atoms with Crippen LogP contribution in [0.3, 0.4) is 0 Å². The highest BCUT2D eigenvalue weighted by Gasteiger charge is 2.25. The summed E-state index contributed by atoms with van der Waals surface area (Å²) >= 11 is 6.26. The number of halogens is 2. The van der Waals surface area contributed by atoms with Gasteiger partial charge in [0, 0.05) is 34.6 Å². The van der Waals surface area contributed by atoms with Crippen LogP contribution in [0.4, 0.5) is 0 Å². The Morgan fingerprint density at radius 1 is 1.13 bits per heavy atom.